The van der Waals surface area contributed by atoms with Crippen molar-refractivity contribution in [1.82, 2.24) is 4.98 Å². The van der Waals surface area contributed by atoms with Gasteiger partial charge in [0.1, 0.15) is 15.8 Å². The van der Waals surface area contributed by atoms with E-state index in [2.05, 4.69) is 25.8 Å². The van der Waals surface area contributed by atoms with Gasteiger partial charge in [-0.05, 0) is 54.2 Å². The maximum Gasteiger partial charge on any atom is 0.417 e. The fraction of sp³-hybridized carbons (Fsp3) is 0.478. The van der Waals surface area contributed by atoms with E-state index < -0.39 is 17.7 Å². The predicted molar refractivity (Wildman–Crippen MR) is 118 cm³/mol. The van der Waals surface area contributed by atoms with E-state index in [1.807, 2.05) is 0 Å². The Balaban J connectivity index is 1.69. The molecular formula is C23H24F3NO2S2. The molecule has 3 atom stereocenters. The SMILES string of the molecule is CC(C)[C@H]1CC[C@@H](C)C[C@H]1OC(=O)c1cc2c(C(F)(F)F)cc(-c3cccs3)nc2s1. The highest BCUT2D eigenvalue weighted by Gasteiger charge is 2.36. The lowest BCUT2D eigenvalue weighted by molar-refractivity contribution is -0.136. The van der Waals surface area contributed by atoms with Crippen molar-refractivity contribution in [3.8, 4) is 10.6 Å². The van der Waals surface area contributed by atoms with Gasteiger partial charge < -0.3 is 4.74 Å². The van der Waals surface area contributed by atoms with Crippen molar-refractivity contribution in [2.75, 3.05) is 0 Å². The molecule has 166 valence electrons. The topological polar surface area (TPSA) is 39.2 Å². The van der Waals surface area contributed by atoms with Gasteiger partial charge in [0.2, 0.25) is 0 Å². The summed E-state index contributed by atoms with van der Waals surface area (Å²) < 4.78 is 47.2. The van der Waals surface area contributed by atoms with Crippen molar-refractivity contribution in [3.05, 3.63) is 40.1 Å². The van der Waals surface area contributed by atoms with Gasteiger partial charge in [-0.2, -0.15) is 13.2 Å². The second kappa shape index (κ2) is 8.54. The fourth-order valence-corrected chi connectivity index (χ4v) is 5.97. The van der Waals surface area contributed by atoms with Gasteiger partial charge in [-0.15, -0.1) is 22.7 Å². The molecule has 3 heterocycles. The Hall–Kier alpha value is -1.93. The quantitative estimate of drug-likeness (QED) is 0.370. The number of rotatable bonds is 4. The van der Waals surface area contributed by atoms with Gasteiger partial charge in [-0.25, -0.2) is 9.78 Å². The van der Waals surface area contributed by atoms with E-state index in [0.29, 0.717) is 16.7 Å². The van der Waals surface area contributed by atoms with E-state index in [0.717, 1.165) is 36.7 Å². The molecule has 31 heavy (non-hydrogen) atoms. The van der Waals surface area contributed by atoms with Gasteiger partial charge in [0, 0.05) is 5.39 Å². The van der Waals surface area contributed by atoms with E-state index >= 15 is 0 Å². The monoisotopic (exact) mass is 467 g/mol. The summed E-state index contributed by atoms with van der Waals surface area (Å²) in [6, 6.07) is 5.85. The molecule has 4 rings (SSSR count). The smallest absolute Gasteiger partial charge is 0.417 e. The highest BCUT2D eigenvalue weighted by Crippen LogP contribution is 2.41. The minimum Gasteiger partial charge on any atom is -0.458 e. The number of pyridine rings is 1. The largest absolute Gasteiger partial charge is 0.458 e. The molecule has 0 aromatic carbocycles. The van der Waals surface area contributed by atoms with Crippen LogP contribution in [0.2, 0.25) is 0 Å². The van der Waals surface area contributed by atoms with Gasteiger partial charge in [0.15, 0.2) is 0 Å². The summed E-state index contributed by atoms with van der Waals surface area (Å²) in [4.78, 5) is 18.3. The number of hydrogen-bond acceptors (Lipinski definition) is 5. The number of ether oxygens (including phenoxy) is 1. The Morgan fingerprint density at radius 3 is 2.68 bits per heavy atom. The fourth-order valence-electron chi connectivity index (χ4n) is 4.35. The molecule has 3 aromatic rings. The van der Waals surface area contributed by atoms with E-state index in [9.17, 15) is 18.0 Å². The molecular weight excluding hydrogens is 443 g/mol. The van der Waals surface area contributed by atoms with E-state index in [1.165, 1.54) is 17.4 Å². The van der Waals surface area contributed by atoms with Crippen molar-refractivity contribution in [2.24, 2.45) is 17.8 Å². The third-order valence-corrected chi connectivity index (χ3v) is 7.91. The predicted octanol–water partition coefficient (Wildman–Crippen LogP) is 7.66. The minimum atomic E-state index is -4.54. The van der Waals surface area contributed by atoms with Crippen LogP contribution in [0.1, 0.15) is 55.3 Å². The summed E-state index contributed by atoms with van der Waals surface area (Å²) >= 11 is 2.29. The molecule has 0 N–H and O–H groups in total. The zero-order valence-electron chi connectivity index (χ0n) is 17.5. The van der Waals surface area contributed by atoms with Crippen LogP contribution in [0.15, 0.2) is 29.6 Å². The minimum absolute atomic E-state index is 0.0535. The summed E-state index contributed by atoms with van der Waals surface area (Å²) in [5.74, 6) is 0.545. The molecule has 1 aliphatic carbocycles. The number of halogens is 3. The highest BCUT2D eigenvalue weighted by molar-refractivity contribution is 7.20. The number of hydrogen-bond donors (Lipinski definition) is 0. The van der Waals surface area contributed by atoms with Gasteiger partial charge in [-0.1, -0.05) is 33.3 Å². The second-order valence-electron chi connectivity index (χ2n) is 8.63. The molecule has 0 spiro atoms. The van der Waals surface area contributed by atoms with E-state index in [-0.39, 0.29) is 32.8 Å². The second-order valence-corrected chi connectivity index (χ2v) is 10.6. The summed E-state index contributed by atoms with van der Waals surface area (Å²) in [5, 5.41) is 1.74. The Morgan fingerprint density at radius 2 is 2.03 bits per heavy atom. The van der Waals surface area contributed by atoms with Crippen LogP contribution in [0.25, 0.3) is 20.8 Å². The van der Waals surface area contributed by atoms with Crippen molar-refractivity contribution in [1.29, 1.82) is 0 Å². The molecule has 1 fully saturated rings. The number of thiophene rings is 2. The van der Waals surface area contributed by atoms with Crippen molar-refractivity contribution >= 4 is 38.9 Å². The lowest BCUT2D eigenvalue weighted by Crippen LogP contribution is -2.35. The van der Waals surface area contributed by atoms with E-state index in [1.54, 1.807) is 17.5 Å². The number of fused-ring (bicyclic) bond motifs is 1. The maximum atomic E-state index is 13.8. The first-order valence-electron chi connectivity index (χ1n) is 10.4. The maximum absolute atomic E-state index is 13.8. The Morgan fingerprint density at radius 1 is 1.26 bits per heavy atom. The number of carbonyl (C=O) groups excluding carboxylic acids is 1. The molecule has 0 amide bonds. The molecule has 1 aliphatic rings. The van der Waals surface area contributed by atoms with E-state index in [4.69, 9.17) is 4.74 Å². The zero-order valence-corrected chi connectivity index (χ0v) is 19.2. The number of aromatic nitrogens is 1. The van der Waals surface area contributed by atoms with Crippen LogP contribution in [0.4, 0.5) is 13.2 Å². The van der Waals surface area contributed by atoms with Gasteiger partial charge >= 0.3 is 12.1 Å². The first kappa shape index (κ1) is 22.3. The number of esters is 1. The lowest BCUT2D eigenvalue weighted by Gasteiger charge is -2.36. The van der Waals surface area contributed by atoms with Crippen molar-refractivity contribution in [2.45, 2.75) is 52.3 Å². The summed E-state index contributed by atoms with van der Waals surface area (Å²) in [7, 11) is 0. The molecule has 0 bridgehead atoms. The molecule has 0 aliphatic heterocycles. The van der Waals surface area contributed by atoms with Crippen LogP contribution >= 0.6 is 22.7 Å². The van der Waals surface area contributed by atoms with Crippen LogP contribution in [-0.2, 0) is 10.9 Å². The van der Waals surface area contributed by atoms with Crippen molar-refractivity contribution < 1.29 is 22.7 Å². The van der Waals surface area contributed by atoms with Crippen LogP contribution in [0, 0.1) is 17.8 Å². The molecule has 0 saturated heterocycles. The van der Waals surface area contributed by atoms with Crippen LogP contribution in [-0.4, -0.2) is 17.1 Å². The molecule has 0 radical (unpaired) electrons. The average molecular weight is 468 g/mol. The van der Waals surface area contributed by atoms with Crippen LogP contribution in [0.5, 0.6) is 0 Å². The normalized spacial score (nSPS) is 22.2. The molecule has 1 saturated carbocycles. The summed E-state index contributed by atoms with van der Waals surface area (Å²) in [6.07, 6.45) is -1.87. The first-order chi connectivity index (χ1) is 14.6. The van der Waals surface area contributed by atoms with Gasteiger partial charge in [0.25, 0.3) is 0 Å². The molecule has 8 heteroatoms. The third kappa shape index (κ3) is 4.65. The average Bonchev–Trinajstić information content (AvgIpc) is 3.36. The van der Waals surface area contributed by atoms with Crippen LogP contribution in [0.3, 0.4) is 0 Å². The van der Waals surface area contributed by atoms with Crippen molar-refractivity contribution in [3.63, 3.8) is 0 Å². The van der Waals surface area contributed by atoms with Gasteiger partial charge in [0.05, 0.1) is 16.1 Å². The van der Waals surface area contributed by atoms with Crippen LogP contribution < -0.4 is 0 Å². The number of nitrogens with zero attached hydrogens (tertiary/aromatic N) is 1. The standard InChI is InChI=1S/C23H24F3NO2S2/c1-12(2)14-7-6-13(3)9-18(14)29-22(28)20-10-15-16(23(24,25)26)11-17(27-21(15)31-20)19-5-4-8-30-19/h4-5,8,10-14,18H,6-7,9H2,1-3H3/t13-,14-,18-/m1/s1. The lowest BCUT2D eigenvalue weighted by atomic mass is 9.75. The first-order valence-corrected chi connectivity index (χ1v) is 12.1. The molecule has 3 aromatic heterocycles. The number of alkyl halides is 3. The Kier molecular flexibility index (Phi) is 6.14. The molecule has 0 unspecified atom stereocenters. The third-order valence-electron chi connectivity index (χ3n) is 6.01. The highest BCUT2D eigenvalue weighted by atomic mass is 32.1. The Labute approximate surface area is 187 Å². The summed E-state index contributed by atoms with van der Waals surface area (Å²) in [5.41, 5.74) is -0.514. The van der Waals surface area contributed by atoms with Gasteiger partial charge in [-0.3, -0.25) is 0 Å². The Bertz CT molecular complexity index is 1070. The zero-order chi connectivity index (χ0) is 22.3. The summed E-state index contributed by atoms with van der Waals surface area (Å²) in [6.45, 7) is 6.38. The molecule has 3 nitrogen and oxygen atoms in total. The number of carbonyl (C=O) groups is 1.